The molecule has 1 aliphatic heterocycles. The van der Waals surface area contributed by atoms with Gasteiger partial charge in [-0.25, -0.2) is 9.97 Å². The number of alkyl halides is 3. The van der Waals surface area contributed by atoms with Crippen molar-refractivity contribution in [2.24, 2.45) is 0 Å². The second-order valence-electron chi connectivity index (χ2n) is 6.76. The molecular weight excluding hydrogens is 357 g/mol. The highest BCUT2D eigenvalue weighted by Gasteiger charge is 2.30. The number of halogens is 3. The Morgan fingerprint density at radius 3 is 2.63 bits per heavy atom. The number of hydrogen-bond acceptors (Lipinski definition) is 5. The molecule has 0 spiro atoms. The van der Waals surface area contributed by atoms with Gasteiger partial charge < -0.3 is 9.64 Å². The van der Waals surface area contributed by atoms with Gasteiger partial charge in [-0.3, -0.25) is 4.90 Å². The number of methoxy groups -OCH3 is 1. The number of hydrogen-bond donors (Lipinski definition) is 0. The lowest BCUT2D eigenvalue weighted by molar-refractivity contribution is -0.137. The van der Waals surface area contributed by atoms with Gasteiger partial charge >= 0.3 is 6.18 Å². The zero-order valence-electron chi connectivity index (χ0n) is 15.4. The molecule has 0 radical (unpaired) electrons. The first-order valence-corrected chi connectivity index (χ1v) is 8.84. The molecular formula is C19H23F3N4O. The predicted octanol–water partition coefficient (Wildman–Crippen LogP) is 3.60. The third-order valence-electron chi connectivity index (χ3n) is 4.91. The molecule has 146 valence electrons. The van der Waals surface area contributed by atoms with Crippen LogP contribution in [0, 0.1) is 0 Å². The maximum absolute atomic E-state index is 12.7. The van der Waals surface area contributed by atoms with E-state index in [2.05, 4.69) is 19.8 Å². The van der Waals surface area contributed by atoms with Crippen LogP contribution in [-0.4, -0.2) is 48.2 Å². The fourth-order valence-electron chi connectivity index (χ4n) is 3.37. The van der Waals surface area contributed by atoms with Crippen molar-refractivity contribution in [2.45, 2.75) is 31.6 Å². The van der Waals surface area contributed by atoms with Crippen LogP contribution in [-0.2, 0) is 12.7 Å². The fourth-order valence-corrected chi connectivity index (χ4v) is 3.37. The molecule has 3 rings (SSSR count). The average molecular weight is 380 g/mol. The molecule has 0 bridgehead atoms. The van der Waals surface area contributed by atoms with Gasteiger partial charge in [-0.05, 0) is 37.1 Å². The minimum absolute atomic E-state index is 0.271. The Labute approximate surface area is 156 Å². The van der Waals surface area contributed by atoms with Gasteiger partial charge in [0.25, 0.3) is 0 Å². The zero-order chi connectivity index (χ0) is 19.4. The van der Waals surface area contributed by atoms with Crippen molar-refractivity contribution in [3.05, 3.63) is 47.8 Å². The van der Waals surface area contributed by atoms with Gasteiger partial charge in [-0.15, -0.1) is 0 Å². The lowest BCUT2D eigenvalue weighted by Crippen LogP contribution is -2.46. The van der Waals surface area contributed by atoms with E-state index in [9.17, 15) is 13.2 Å². The van der Waals surface area contributed by atoms with E-state index in [-0.39, 0.29) is 6.04 Å². The molecule has 5 nitrogen and oxygen atoms in total. The first kappa shape index (κ1) is 19.4. The summed E-state index contributed by atoms with van der Waals surface area (Å²) >= 11 is 0. The van der Waals surface area contributed by atoms with Crippen molar-refractivity contribution >= 4 is 5.82 Å². The Morgan fingerprint density at radius 2 is 1.96 bits per heavy atom. The molecule has 1 saturated heterocycles. The lowest BCUT2D eigenvalue weighted by atomic mass is 10.0. The molecule has 8 heteroatoms. The molecule has 0 saturated carbocycles. The third kappa shape index (κ3) is 4.88. The monoisotopic (exact) mass is 380 g/mol. The Balaban J connectivity index is 1.63. The number of likely N-dealkylation sites (tertiary alicyclic amines) is 1. The SMILES string of the molecule is COc1cc(N(C)C2CCCN(Cc3ccc(C(F)(F)F)cc3)C2)ncn1. The zero-order valence-corrected chi connectivity index (χ0v) is 15.4. The Hall–Kier alpha value is -2.35. The summed E-state index contributed by atoms with van der Waals surface area (Å²) in [6.45, 7) is 2.39. The summed E-state index contributed by atoms with van der Waals surface area (Å²) in [5.74, 6) is 1.31. The van der Waals surface area contributed by atoms with E-state index in [0.717, 1.165) is 49.4 Å². The molecule has 0 amide bonds. The van der Waals surface area contributed by atoms with Gasteiger partial charge in [0, 0.05) is 32.2 Å². The van der Waals surface area contributed by atoms with Gasteiger partial charge in [0.15, 0.2) is 0 Å². The summed E-state index contributed by atoms with van der Waals surface area (Å²) in [5.41, 5.74) is 0.273. The minimum atomic E-state index is -4.30. The normalized spacial score (nSPS) is 18.3. The Bertz CT molecular complexity index is 751. The number of piperidine rings is 1. The van der Waals surface area contributed by atoms with Crippen LogP contribution < -0.4 is 9.64 Å². The van der Waals surface area contributed by atoms with E-state index in [1.807, 2.05) is 7.05 Å². The molecule has 1 unspecified atom stereocenters. The summed E-state index contributed by atoms with van der Waals surface area (Å²) < 4.78 is 43.3. The van der Waals surface area contributed by atoms with Crippen LogP contribution in [0.25, 0.3) is 0 Å². The Morgan fingerprint density at radius 1 is 1.22 bits per heavy atom. The van der Waals surface area contributed by atoms with Crippen LogP contribution in [0.4, 0.5) is 19.0 Å². The molecule has 1 aromatic carbocycles. The van der Waals surface area contributed by atoms with Gasteiger partial charge in [-0.1, -0.05) is 12.1 Å². The number of anilines is 1. The van der Waals surface area contributed by atoms with E-state index in [0.29, 0.717) is 12.4 Å². The quantitative estimate of drug-likeness (QED) is 0.793. The van der Waals surface area contributed by atoms with Crippen molar-refractivity contribution in [1.29, 1.82) is 0 Å². The molecule has 1 fully saturated rings. The topological polar surface area (TPSA) is 41.5 Å². The maximum atomic E-state index is 12.7. The second-order valence-corrected chi connectivity index (χ2v) is 6.76. The minimum Gasteiger partial charge on any atom is -0.481 e. The number of nitrogens with zero attached hydrogens (tertiary/aromatic N) is 4. The van der Waals surface area contributed by atoms with E-state index in [1.54, 1.807) is 25.3 Å². The van der Waals surface area contributed by atoms with Crippen LogP contribution in [0.5, 0.6) is 5.88 Å². The van der Waals surface area contributed by atoms with E-state index >= 15 is 0 Å². The summed E-state index contributed by atoms with van der Waals surface area (Å²) in [7, 11) is 3.56. The van der Waals surface area contributed by atoms with E-state index < -0.39 is 11.7 Å². The molecule has 1 atom stereocenters. The molecule has 1 aliphatic rings. The first-order chi connectivity index (χ1) is 12.9. The molecule has 2 aromatic rings. The Kier molecular flexibility index (Phi) is 5.84. The third-order valence-corrected chi connectivity index (χ3v) is 4.91. The predicted molar refractivity (Wildman–Crippen MR) is 96.7 cm³/mol. The standard InChI is InChI=1S/C19H23F3N4O/c1-25(17-10-18(27-2)24-13-23-17)16-4-3-9-26(12-16)11-14-5-7-15(8-6-14)19(20,21)22/h5-8,10,13,16H,3-4,9,11-12H2,1-2H3. The maximum Gasteiger partial charge on any atom is 0.416 e. The van der Waals surface area contributed by atoms with E-state index in [1.165, 1.54) is 6.33 Å². The van der Waals surface area contributed by atoms with Gasteiger partial charge in [0.1, 0.15) is 12.1 Å². The highest BCUT2D eigenvalue weighted by molar-refractivity contribution is 5.41. The summed E-state index contributed by atoms with van der Waals surface area (Å²) in [4.78, 5) is 12.7. The van der Waals surface area contributed by atoms with Gasteiger partial charge in [0.05, 0.1) is 12.7 Å². The molecule has 27 heavy (non-hydrogen) atoms. The van der Waals surface area contributed by atoms with Crippen LogP contribution in [0.15, 0.2) is 36.7 Å². The van der Waals surface area contributed by atoms with Crippen LogP contribution in [0.1, 0.15) is 24.0 Å². The smallest absolute Gasteiger partial charge is 0.416 e. The lowest BCUT2D eigenvalue weighted by Gasteiger charge is -2.38. The highest BCUT2D eigenvalue weighted by atomic mass is 19.4. The van der Waals surface area contributed by atoms with Crippen molar-refractivity contribution in [1.82, 2.24) is 14.9 Å². The van der Waals surface area contributed by atoms with Crippen molar-refractivity contribution in [3.8, 4) is 5.88 Å². The second kappa shape index (κ2) is 8.12. The number of rotatable bonds is 5. The highest BCUT2D eigenvalue weighted by Crippen LogP contribution is 2.29. The van der Waals surface area contributed by atoms with Gasteiger partial charge in [-0.2, -0.15) is 13.2 Å². The molecule has 2 heterocycles. The summed E-state index contributed by atoms with van der Waals surface area (Å²) in [5, 5.41) is 0. The fraction of sp³-hybridized carbons (Fsp3) is 0.474. The number of aromatic nitrogens is 2. The van der Waals surface area contributed by atoms with Crippen molar-refractivity contribution in [2.75, 3.05) is 32.1 Å². The van der Waals surface area contributed by atoms with Gasteiger partial charge in [0.2, 0.25) is 5.88 Å². The first-order valence-electron chi connectivity index (χ1n) is 8.84. The van der Waals surface area contributed by atoms with Crippen LogP contribution >= 0.6 is 0 Å². The van der Waals surface area contributed by atoms with Crippen LogP contribution in [0.3, 0.4) is 0 Å². The number of ether oxygens (including phenoxy) is 1. The van der Waals surface area contributed by atoms with Crippen LogP contribution in [0.2, 0.25) is 0 Å². The van der Waals surface area contributed by atoms with Crippen molar-refractivity contribution in [3.63, 3.8) is 0 Å². The number of likely N-dealkylation sites (N-methyl/N-ethyl adjacent to an activating group) is 1. The molecule has 0 N–H and O–H groups in total. The summed E-state index contributed by atoms with van der Waals surface area (Å²) in [6, 6.07) is 7.49. The summed E-state index contributed by atoms with van der Waals surface area (Å²) in [6.07, 6.45) is -0.756. The average Bonchev–Trinajstić information content (AvgIpc) is 2.67. The van der Waals surface area contributed by atoms with E-state index in [4.69, 9.17) is 4.74 Å². The van der Waals surface area contributed by atoms with Crippen molar-refractivity contribution < 1.29 is 17.9 Å². The molecule has 0 aliphatic carbocycles. The number of benzene rings is 1. The largest absolute Gasteiger partial charge is 0.481 e. The molecule has 1 aromatic heterocycles.